The van der Waals surface area contributed by atoms with Gasteiger partial charge in [0.05, 0.1) is 12.4 Å². The number of hydrogen-bond donors (Lipinski definition) is 3. The summed E-state index contributed by atoms with van der Waals surface area (Å²) < 4.78 is 14.8. The molecule has 1 heterocycles. The maximum absolute atomic E-state index is 13.9. The van der Waals surface area contributed by atoms with Gasteiger partial charge >= 0.3 is 5.69 Å². The van der Waals surface area contributed by atoms with Crippen LogP contribution in [0.3, 0.4) is 0 Å². The maximum atomic E-state index is 13.9. The molecule has 0 bridgehead atoms. The predicted molar refractivity (Wildman–Crippen MR) is 60.6 cm³/mol. The average molecular weight is 344 g/mol. The molecule has 2 atom stereocenters. The fourth-order valence-corrected chi connectivity index (χ4v) is 1.88. The van der Waals surface area contributed by atoms with Crippen LogP contribution in [0, 0.1) is 13.3 Å². The minimum absolute atomic E-state index is 0. The molecule has 0 saturated heterocycles. The van der Waals surface area contributed by atoms with E-state index in [2.05, 4.69) is 4.98 Å². The van der Waals surface area contributed by atoms with Crippen LogP contribution in [-0.4, -0.2) is 32.5 Å². The number of nitrogens with zero attached hydrogens (tertiary/aromatic N) is 1. The first kappa shape index (κ1) is 16.4. The largest absolute Gasteiger partial charge is 0.421 e. The smallest absolute Gasteiger partial charge is 0.326 e. The monoisotopic (exact) mass is 344 g/mol. The van der Waals surface area contributed by atoms with E-state index in [0.717, 1.165) is 4.57 Å². The summed E-state index contributed by atoms with van der Waals surface area (Å²) in [5, 5.41) is 18.4. The van der Waals surface area contributed by atoms with E-state index in [1.165, 1.54) is 19.5 Å². The van der Waals surface area contributed by atoms with E-state index in [4.69, 9.17) is 5.11 Å². The summed E-state index contributed by atoms with van der Waals surface area (Å²) in [6.07, 6.45) is 1.16. The first-order valence-electron chi connectivity index (χ1n) is 5.30. The Morgan fingerprint density at radius 1 is 1.53 bits per heavy atom. The van der Waals surface area contributed by atoms with Crippen LogP contribution in [0.2, 0.25) is 0 Å². The molecular weight excluding hydrogens is 332 g/mol. The van der Waals surface area contributed by atoms with E-state index in [1.807, 2.05) is 0 Å². The van der Waals surface area contributed by atoms with Crippen molar-refractivity contribution in [3.05, 3.63) is 50.4 Å². The van der Waals surface area contributed by atoms with Gasteiger partial charge in [-0.25, -0.2) is 9.18 Å². The zero-order valence-electron chi connectivity index (χ0n) is 10.1. The van der Waals surface area contributed by atoms with Gasteiger partial charge in [-0.2, -0.15) is 0 Å². The van der Waals surface area contributed by atoms with E-state index >= 15 is 0 Å². The Hall–Kier alpha value is -0.626. The third kappa shape index (κ3) is 2.94. The Labute approximate surface area is 132 Å². The zero-order valence-corrected chi connectivity index (χ0v) is 13.0. The topological polar surface area (TPSA) is 95.3 Å². The van der Waals surface area contributed by atoms with Crippen LogP contribution in [0.4, 0.5) is 4.39 Å². The minimum atomic E-state index is -1.24. The number of rotatable bonds is 2. The molecule has 2 rings (SSSR count). The second-order valence-electron chi connectivity index (χ2n) is 4.09. The molecule has 19 heavy (non-hydrogen) atoms. The van der Waals surface area contributed by atoms with Crippen molar-refractivity contribution in [2.75, 3.05) is 6.61 Å². The molecular formula is C11H12FN2O4Y-. The van der Waals surface area contributed by atoms with Gasteiger partial charge in [-0.05, 0) is 24.6 Å². The number of nitrogens with one attached hydrogen (secondary N) is 1. The standard InChI is InChI=1S/C11H12FN2O4.Y/c1-5-3-14(11(18)13-10(5)17)7-2-8(16)6(4-15)9(7)12;/h2-3,7-8,15-16H,4H2,1H3,(H,13,17,18);/q-1;/t7?,8-;/m0./s1. The summed E-state index contributed by atoms with van der Waals surface area (Å²) in [6, 6.07) is -1.11. The number of aromatic amines is 1. The summed E-state index contributed by atoms with van der Waals surface area (Å²) >= 11 is 0. The number of hydrogen-bond acceptors (Lipinski definition) is 4. The minimum Gasteiger partial charge on any atom is -0.421 e. The van der Waals surface area contributed by atoms with Crippen molar-refractivity contribution in [1.29, 1.82) is 0 Å². The van der Waals surface area contributed by atoms with E-state index in [1.54, 1.807) is 0 Å². The van der Waals surface area contributed by atoms with Gasteiger partial charge in [-0.15, -0.1) is 0 Å². The van der Waals surface area contributed by atoms with Crippen LogP contribution in [0.1, 0.15) is 11.6 Å². The summed E-state index contributed by atoms with van der Waals surface area (Å²) in [5.74, 6) is -0.779. The first-order valence-corrected chi connectivity index (χ1v) is 5.30. The molecule has 0 amide bonds. The molecule has 1 unspecified atom stereocenters. The van der Waals surface area contributed by atoms with E-state index in [0.29, 0.717) is 0 Å². The summed E-state index contributed by atoms with van der Waals surface area (Å²) in [7, 11) is 0. The molecule has 3 N–H and O–H groups in total. The molecule has 0 fully saturated rings. The Morgan fingerprint density at radius 2 is 2.16 bits per heavy atom. The van der Waals surface area contributed by atoms with Crippen molar-refractivity contribution in [3.63, 3.8) is 0 Å². The summed E-state index contributed by atoms with van der Waals surface area (Å²) in [6.45, 7) is 0.853. The van der Waals surface area contributed by atoms with Crippen LogP contribution in [0.15, 0.2) is 27.2 Å². The summed E-state index contributed by atoms with van der Waals surface area (Å²) in [5.41, 5.74) is -1.23. The molecule has 1 aromatic heterocycles. The molecule has 0 saturated carbocycles. The van der Waals surface area contributed by atoms with Crippen molar-refractivity contribution in [2.24, 2.45) is 0 Å². The Bertz CT molecular complexity index is 622. The van der Waals surface area contributed by atoms with Gasteiger partial charge in [0, 0.05) is 44.5 Å². The third-order valence-electron chi connectivity index (χ3n) is 2.90. The van der Waals surface area contributed by atoms with Crippen LogP contribution in [0.25, 0.3) is 0 Å². The van der Waals surface area contributed by atoms with Crippen molar-refractivity contribution in [3.8, 4) is 0 Å². The van der Waals surface area contributed by atoms with Crippen LogP contribution in [-0.2, 0) is 32.7 Å². The summed E-state index contributed by atoms with van der Waals surface area (Å²) in [4.78, 5) is 24.8. The van der Waals surface area contributed by atoms with E-state index in [9.17, 15) is 19.1 Å². The van der Waals surface area contributed by atoms with Crippen LogP contribution >= 0.6 is 0 Å². The van der Waals surface area contributed by atoms with Gasteiger partial charge in [-0.1, -0.05) is 0 Å². The normalized spacial score (nSPS) is 22.5. The SMILES string of the molecule is Cc1cn(C2[CH-][C@H](O)C(CO)=C2F)c(=O)[nH]c1=O.[Y]. The Morgan fingerprint density at radius 3 is 2.68 bits per heavy atom. The fraction of sp³-hybridized carbons (Fsp3) is 0.364. The molecule has 1 aromatic rings. The second kappa shape index (κ2) is 6.22. The van der Waals surface area contributed by atoms with Gasteiger partial charge in [-0.3, -0.25) is 16.2 Å². The van der Waals surface area contributed by atoms with Gasteiger partial charge in [0.25, 0.3) is 5.56 Å². The molecule has 1 radical (unpaired) electrons. The molecule has 0 aliphatic heterocycles. The first-order chi connectivity index (χ1) is 8.45. The number of halogens is 1. The third-order valence-corrected chi connectivity index (χ3v) is 2.90. The van der Waals surface area contributed by atoms with Crippen LogP contribution < -0.4 is 11.2 Å². The average Bonchev–Trinajstić information content (AvgIpc) is 2.59. The molecule has 0 aromatic carbocycles. The predicted octanol–water partition coefficient (Wildman–Crippen LogP) is -0.822. The number of aryl methyl sites for hydroxylation is 1. The van der Waals surface area contributed by atoms with Gasteiger partial charge in [0.15, 0.2) is 0 Å². The zero-order chi connectivity index (χ0) is 13.4. The number of aliphatic hydroxyl groups is 2. The second-order valence-corrected chi connectivity index (χ2v) is 4.09. The van der Waals surface area contributed by atoms with Crippen molar-refractivity contribution in [1.82, 2.24) is 9.55 Å². The number of H-pyrrole nitrogens is 1. The van der Waals surface area contributed by atoms with Gasteiger partial charge in [0.1, 0.15) is 0 Å². The Kier molecular flexibility index (Phi) is 5.37. The van der Waals surface area contributed by atoms with Gasteiger partial charge in [0.2, 0.25) is 0 Å². The fourth-order valence-electron chi connectivity index (χ4n) is 1.88. The number of allylic oxidation sites excluding steroid dienone is 1. The maximum Gasteiger partial charge on any atom is 0.326 e. The molecule has 8 heteroatoms. The van der Waals surface area contributed by atoms with Crippen LogP contribution in [0.5, 0.6) is 0 Å². The Balaban J connectivity index is 0.00000180. The van der Waals surface area contributed by atoms with Crippen molar-refractivity contribution >= 4 is 0 Å². The van der Waals surface area contributed by atoms with E-state index < -0.39 is 35.8 Å². The van der Waals surface area contributed by atoms with Crippen molar-refractivity contribution in [2.45, 2.75) is 19.1 Å². The molecule has 101 valence electrons. The quantitative estimate of drug-likeness (QED) is 0.611. The molecule has 0 spiro atoms. The molecule has 6 nitrogen and oxygen atoms in total. The molecule has 1 aliphatic carbocycles. The molecule has 1 aliphatic rings. The number of aliphatic hydroxyl groups excluding tert-OH is 2. The van der Waals surface area contributed by atoms with Gasteiger partial charge < -0.3 is 14.8 Å². The van der Waals surface area contributed by atoms with E-state index in [-0.39, 0.29) is 43.8 Å². The number of aromatic nitrogens is 2. The van der Waals surface area contributed by atoms with Crippen molar-refractivity contribution < 1.29 is 47.3 Å².